The molecule has 0 spiro atoms. The van der Waals surface area contributed by atoms with Crippen molar-refractivity contribution in [3.05, 3.63) is 29.9 Å². The number of ether oxygens (including phenoxy) is 1. The van der Waals surface area contributed by atoms with Crippen molar-refractivity contribution in [2.24, 2.45) is 0 Å². The van der Waals surface area contributed by atoms with Gasteiger partial charge in [-0.3, -0.25) is 0 Å². The fourth-order valence-electron chi connectivity index (χ4n) is 2.54. The molecule has 5 heteroatoms. The fraction of sp³-hybridized carbons (Fsp3) is 0.467. The molecule has 0 amide bonds. The van der Waals surface area contributed by atoms with Crippen LogP contribution in [0, 0.1) is 0 Å². The SMILES string of the molecule is C=CCOC1CCN(c2nc(CC)nc3sccc23)C1. The summed E-state index contributed by atoms with van der Waals surface area (Å²) in [5.74, 6) is 1.99. The minimum Gasteiger partial charge on any atom is -0.372 e. The largest absolute Gasteiger partial charge is 0.372 e. The molecule has 1 unspecified atom stereocenters. The monoisotopic (exact) mass is 289 g/mol. The molecule has 1 atom stereocenters. The van der Waals surface area contributed by atoms with Gasteiger partial charge in [0.2, 0.25) is 0 Å². The second-order valence-corrected chi connectivity index (χ2v) is 5.83. The lowest BCUT2D eigenvalue weighted by molar-refractivity contribution is 0.0909. The Bertz CT molecular complexity index is 610. The van der Waals surface area contributed by atoms with Crippen molar-refractivity contribution in [2.75, 3.05) is 24.6 Å². The molecular weight excluding hydrogens is 270 g/mol. The first-order valence-electron chi connectivity index (χ1n) is 7.03. The molecular formula is C15H19N3OS. The van der Waals surface area contributed by atoms with Gasteiger partial charge in [0.05, 0.1) is 18.1 Å². The Morgan fingerprint density at radius 2 is 2.45 bits per heavy atom. The predicted molar refractivity (Wildman–Crippen MR) is 83.6 cm³/mol. The Balaban J connectivity index is 1.86. The molecule has 20 heavy (non-hydrogen) atoms. The van der Waals surface area contributed by atoms with Crippen molar-refractivity contribution >= 4 is 27.4 Å². The van der Waals surface area contributed by atoms with Crippen molar-refractivity contribution in [1.82, 2.24) is 9.97 Å². The zero-order chi connectivity index (χ0) is 13.9. The minimum atomic E-state index is 0.279. The van der Waals surface area contributed by atoms with Gasteiger partial charge in [-0.25, -0.2) is 9.97 Å². The van der Waals surface area contributed by atoms with Gasteiger partial charge in [0.1, 0.15) is 16.5 Å². The van der Waals surface area contributed by atoms with Crippen LogP contribution in [-0.4, -0.2) is 35.8 Å². The van der Waals surface area contributed by atoms with Crippen LogP contribution in [-0.2, 0) is 11.2 Å². The minimum absolute atomic E-state index is 0.279. The van der Waals surface area contributed by atoms with Crippen molar-refractivity contribution in [3.63, 3.8) is 0 Å². The second-order valence-electron chi connectivity index (χ2n) is 4.94. The summed E-state index contributed by atoms with van der Waals surface area (Å²) >= 11 is 1.68. The lowest BCUT2D eigenvalue weighted by atomic mass is 10.3. The number of hydrogen-bond acceptors (Lipinski definition) is 5. The van der Waals surface area contributed by atoms with E-state index >= 15 is 0 Å². The van der Waals surface area contributed by atoms with Gasteiger partial charge >= 0.3 is 0 Å². The molecule has 1 aliphatic heterocycles. The molecule has 0 radical (unpaired) electrons. The summed E-state index contributed by atoms with van der Waals surface area (Å²) in [6.45, 7) is 8.31. The highest BCUT2D eigenvalue weighted by Gasteiger charge is 2.25. The normalized spacial score (nSPS) is 18.9. The average molecular weight is 289 g/mol. The Kier molecular flexibility index (Phi) is 3.98. The highest BCUT2D eigenvalue weighted by atomic mass is 32.1. The highest BCUT2D eigenvalue weighted by molar-refractivity contribution is 7.16. The molecule has 0 saturated carbocycles. The van der Waals surface area contributed by atoms with Crippen LogP contribution >= 0.6 is 11.3 Å². The maximum absolute atomic E-state index is 5.75. The Morgan fingerprint density at radius 3 is 3.25 bits per heavy atom. The van der Waals surface area contributed by atoms with E-state index in [4.69, 9.17) is 9.72 Å². The third-order valence-corrected chi connectivity index (χ3v) is 4.37. The van der Waals surface area contributed by atoms with E-state index in [1.54, 1.807) is 17.4 Å². The van der Waals surface area contributed by atoms with Crippen LogP contribution in [0.2, 0.25) is 0 Å². The van der Waals surface area contributed by atoms with E-state index < -0.39 is 0 Å². The van der Waals surface area contributed by atoms with Crippen molar-refractivity contribution < 1.29 is 4.74 Å². The summed E-state index contributed by atoms with van der Waals surface area (Å²) in [5, 5.41) is 3.25. The Labute approximate surface area is 123 Å². The number of thiophene rings is 1. The molecule has 0 bridgehead atoms. The van der Waals surface area contributed by atoms with Crippen LogP contribution in [0.1, 0.15) is 19.2 Å². The van der Waals surface area contributed by atoms with Crippen molar-refractivity contribution in [1.29, 1.82) is 0 Å². The quantitative estimate of drug-likeness (QED) is 0.793. The van der Waals surface area contributed by atoms with E-state index in [9.17, 15) is 0 Å². The van der Waals surface area contributed by atoms with Crippen LogP contribution in [0.25, 0.3) is 10.2 Å². The first-order valence-corrected chi connectivity index (χ1v) is 7.91. The Hall–Kier alpha value is -1.46. The van der Waals surface area contributed by atoms with Crippen molar-refractivity contribution in [2.45, 2.75) is 25.9 Å². The van der Waals surface area contributed by atoms with Crippen LogP contribution < -0.4 is 4.90 Å². The molecule has 0 aromatic carbocycles. The Morgan fingerprint density at radius 1 is 1.55 bits per heavy atom. The summed E-state index contributed by atoms with van der Waals surface area (Å²) in [4.78, 5) is 12.7. The maximum Gasteiger partial charge on any atom is 0.141 e. The zero-order valence-electron chi connectivity index (χ0n) is 11.7. The standard InChI is InChI=1S/C15H19N3OS/c1-3-8-19-11-5-7-18(10-11)14-12-6-9-20-15(12)17-13(4-2)16-14/h3,6,9,11H,1,4-5,7-8,10H2,2H3. The fourth-order valence-corrected chi connectivity index (χ4v) is 3.32. The number of aryl methyl sites for hydroxylation is 1. The first kappa shape index (κ1) is 13.5. The van der Waals surface area contributed by atoms with E-state index in [1.165, 1.54) is 0 Å². The smallest absolute Gasteiger partial charge is 0.141 e. The number of hydrogen-bond donors (Lipinski definition) is 0. The van der Waals surface area contributed by atoms with E-state index in [-0.39, 0.29) is 6.10 Å². The average Bonchev–Trinajstić information content (AvgIpc) is 3.12. The molecule has 1 aliphatic rings. The lowest BCUT2D eigenvalue weighted by Crippen LogP contribution is -2.24. The number of rotatable bonds is 5. The van der Waals surface area contributed by atoms with Gasteiger partial charge in [0.15, 0.2) is 0 Å². The summed E-state index contributed by atoms with van der Waals surface area (Å²) in [6, 6.07) is 2.12. The lowest BCUT2D eigenvalue weighted by Gasteiger charge is -2.19. The molecule has 2 aromatic rings. The van der Waals surface area contributed by atoms with Crippen LogP contribution in [0.3, 0.4) is 0 Å². The van der Waals surface area contributed by atoms with Crippen LogP contribution in [0.15, 0.2) is 24.1 Å². The molecule has 0 N–H and O–H groups in total. The molecule has 3 heterocycles. The topological polar surface area (TPSA) is 38.2 Å². The number of aromatic nitrogens is 2. The van der Waals surface area contributed by atoms with Gasteiger partial charge in [-0.05, 0) is 17.9 Å². The van der Waals surface area contributed by atoms with E-state index in [0.29, 0.717) is 6.61 Å². The van der Waals surface area contributed by atoms with Gasteiger partial charge in [0, 0.05) is 19.5 Å². The van der Waals surface area contributed by atoms with E-state index in [1.807, 2.05) is 0 Å². The summed E-state index contributed by atoms with van der Waals surface area (Å²) in [7, 11) is 0. The molecule has 106 valence electrons. The highest BCUT2D eigenvalue weighted by Crippen LogP contribution is 2.30. The van der Waals surface area contributed by atoms with E-state index in [0.717, 1.165) is 47.8 Å². The molecule has 1 saturated heterocycles. The maximum atomic E-state index is 5.75. The van der Waals surface area contributed by atoms with Gasteiger partial charge in [-0.1, -0.05) is 13.0 Å². The third-order valence-electron chi connectivity index (χ3n) is 3.56. The summed E-state index contributed by atoms with van der Waals surface area (Å²) in [6.07, 6.45) is 4.00. The molecule has 3 rings (SSSR count). The van der Waals surface area contributed by atoms with Gasteiger partial charge < -0.3 is 9.64 Å². The molecule has 2 aromatic heterocycles. The first-order chi connectivity index (χ1) is 9.81. The summed E-state index contributed by atoms with van der Waals surface area (Å²) < 4.78 is 5.75. The van der Waals surface area contributed by atoms with Gasteiger partial charge in [0.25, 0.3) is 0 Å². The molecule has 0 aliphatic carbocycles. The summed E-state index contributed by atoms with van der Waals surface area (Å²) in [5.41, 5.74) is 0. The predicted octanol–water partition coefficient (Wildman–Crippen LogP) is 3.04. The number of anilines is 1. The molecule has 1 fully saturated rings. The van der Waals surface area contributed by atoms with Crippen LogP contribution in [0.5, 0.6) is 0 Å². The van der Waals surface area contributed by atoms with Crippen molar-refractivity contribution in [3.8, 4) is 0 Å². The van der Waals surface area contributed by atoms with Gasteiger partial charge in [-0.2, -0.15) is 0 Å². The third kappa shape index (κ3) is 2.55. The number of nitrogens with zero attached hydrogens (tertiary/aromatic N) is 3. The second kappa shape index (κ2) is 5.89. The van der Waals surface area contributed by atoms with E-state index in [2.05, 4.69) is 34.8 Å². The zero-order valence-corrected chi connectivity index (χ0v) is 12.5. The molecule has 4 nitrogen and oxygen atoms in total. The van der Waals surface area contributed by atoms with Gasteiger partial charge in [-0.15, -0.1) is 17.9 Å². The number of fused-ring (bicyclic) bond motifs is 1. The van der Waals surface area contributed by atoms with Crippen LogP contribution in [0.4, 0.5) is 5.82 Å².